The van der Waals surface area contributed by atoms with Crippen LogP contribution in [0.4, 0.5) is 0 Å². The number of sulfonamides is 1. The average molecular weight is 311 g/mol. The zero-order valence-corrected chi connectivity index (χ0v) is 13.4. The minimum absolute atomic E-state index is 0.0595. The molecule has 1 heterocycles. The second kappa shape index (κ2) is 6.25. The van der Waals surface area contributed by atoms with Crippen LogP contribution in [-0.2, 0) is 14.8 Å². The van der Waals surface area contributed by atoms with E-state index >= 15 is 0 Å². The lowest BCUT2D eigenvalue weighted by atomic mass is 10.1. The van der Waals surface area contributed by atoms with E-state index in [1.165, 1.54) is 16.4 Å². The van der Waals surface area contributed by atoms with E-state index < -0.39 is 10.0 Å². The Morgan fingerprint density at radius 1 is 1.29 bits per heavy atom. The fourth-order valence-electron chi connectivity index (χ4n) is 2.51. The summed E-state index contributed by atoms with van der Waals surface area (Å²) in [5.74, 6) is -0.0595. The van der Waals surface area contributed by atoms with E-state index in [0.29, 0.717) is 25.1 Å². The maximum absolute atomic E-state index is 12.7. The number of Topliss-reactive ketones (excluding diaryl/α,β-unsaturated/α-hetero) is 1. The van der Waals surface area contributed by atoms with Gasteiger partial charge in [-0.1, -0.05) is 19.1 Å². The fraction of sp³-hybridized carbons (Fsp3) is 0.533. The van der Waals surface area contributed by atoms with E-state index in [0.717, 1.165) is 0 Å². The van der Waals surface area contributed by atoms with E-state index in [-0.39, 0.29) is 22.9 Å². The van der Waals surface area contributed by atoms with Crippen molar-refractivity contribution in [2.24, 2.45) is 0 Å². The summed E-state index contributed by atoms with van der Waals surface area (Å²) in [6.07, 6.45) is 0.0859. The van der Waals surface area contributed by atoms with Gasteiger partial charge in [-0.05, 0) is 26.0 Å². The van der Waals surface area contributed by atoms with Crippen molar-refractivity contribution < 1.29 is 17.9 Å². The third-order valence-electron chi connectivity index (χ3n) is 3.50. The van der Waals surface area contributed by atoms with Crippen molar-refractivity contribution in [1.29, 1.82) is 0 Å². The first-order valence-electron chi connectivity index (χ1n) is 7.13. The summed E-state index contributed by atoms with van der Waals surface area (Å²) in [7, 11) is -3.59. The predicted octanol–water partition coefficient (Wildman–Crippen LogP) is 2.08. The third-order valence-corrected chi connectivity index (χ3v) is 5.33. The van der Waals surface area contributed by atoms with Crippen molar-refractivity contribution in [2.45, 2.75) is 44.3 Å². The number of hydrogen-bond donors (Lipinski definition) is 0. The van der Waals surface area contributed by atoms with Gasteiger partial charge in [0, 0.05) is 25.1 Å². The molecule has 21 heavy (non-hydrogen) atoms. The second-order valence-electron chi connectivity index (χ2n) is 5.38. The highest BCUT2D eigenvalue weighted by Crippen LogP contribution is 2.22. The first-order valence-corrected chi connectivity index (χ1v) is 8.57. The van der Waals surface area contributed by atoms with E-state index in [4.69, 9.17) is 4.74 Å². The molecule has 0 aromatic heterocycles. The highest BCUT2D eigenvalue weighted by molar-refractivity contribution is 7.89. The summed E-state index contributed by atoms with van der Waals surface area (Å²) in [5.41, 5.74) is 0.438. The molecule has 2 unspecified atom stereocenters. The Kier molecular flexibility index (Phi) is 4.81. The van der Waals surface area contributed by atoms with Crippen molar-refractivity contribution >= 4 is 15.8 Å². The molecule has 0 radical (unpaired) electrons. The highest BCUT2D eigenvalue weighted by Gasteiger charge is 2.32. The van der Waals surface area contributed by atoms with Gasteiger partial charge in [0.25, 0.3) is 0 Å². The molecule has 0 bridgehead atoms. The van der Waals surface area contributed by atoms with Gasteiger partial charge in [-0.3, -0.25) is 4.79 Å². The van der Waals surface area contributed by atoms with Gasteiger partial charge in [-0.15, -0.1) is 0 Å². The normalized spacial score (nSPS) is 24.0. The van der Waals surface area contributed by atoms with Crippen molar-refractivity contribution in [2.75, 3.05) is 13.1 Å². The smallest absolute Gasteiger partial charge is 0.243 e. The number of carbonyl (C=O) groups excluding carboxylic acids is 1. The van der Waals surface area contributed by atoms with E-state index in [9.17, 15) is 13.2 Å². The lowest BCUT2D eigenvalue weighted by Gasteiger charge is -2.34. The molecule has 5 nitrogen and oxygen atoms in total. The van der Waals surface area contributed by atoms with Gasteiger partial charge in [0.1, 0.15) is 0 Å². The molecule has 1 aliphatic heterocycles. The molecule has 6 heteroatoms. The summed E-state index contributed by atoms with van der Waals surface area (Å²) >= 11 is 0. The fourth-order valence-corrected chi connectivity index (χ4v) is 4.15. The number of nitrogens with zero attached hydrogens (tertiary/aromatic N) is 1. The molecule has 1 aliphatic rings. The Morgan fingerprint density at radius 2 is 1.90 bits per heavy atom. The summed E-state index contributed by atoms with van der Waals surface area (Å²) in [5, 5.41) is 0. The van der Waals surface area contributed by atoms with Crippen LogP contribution in [0.2, 0.25) is 0 Å². The van der Waals surface area contributed by atoms with Crippen LogP contribution in [0.3, 0.4) is 0 Å². The minimum atomic E-state index is -3.59. The van der Waals surface area contributed by atoms with Crippen LogP contribution in [0.15, 0.2) is 29.2 Å². The molecule has 2 rings (SSSR count). The molecule has 116 valence electrons. The van der Waals surface area contributed by atoms with E-state index in [1.54, 1.807) is 19.1 Å². The van der Waals surface area contributed by atoms with Crippen LogP contribution in [0, 0.1) is 0 Å². The average Bonchev–Trinajstić information content (AvgIpc) is 2.45. The SMILES string of the molecule is CCC(=O)c1cccc(S(=O)(=O)N2CC(C)OC(C)C2)c1. The molecule has 1 fully saturated rings. The summed E-state index contributed by atoms with van der Waals surface area (Å²) in [6.45, 7) is 6.14. The predicted molar refractivity (Wildman–Crippen MR) is 79.8 cm³/mol. The number of ketones is 1. The van der Waals surface area contributed by atoms with Gasteiger partial charge in [0.2, 0.25) is 10.0 Å². The lowest BCUT2D eigenvalue weighted by Crippen LogP contribution is -2.48. The number of benzene rings is 1. The van der Waals surface area contributed by atoms with Gasteiger partial charge in [-0.25, -0.2) is 8.42 Å². The number of rotatable bonds is 4. The zero-order chi connectivity index (χ0) is 15.6. The quantitative estimate of drug-likeness (QED) is 0.799. The van der Waals surface area contributed by atoms with Crippen molar-refractivity contribution in [1.82, 2.24) is 4.31 Å². The van der Waals surface area contributed by atoms with Gasteiger partial charge in [0.05, 0.1) is 17.1 Å². The van der Waals surface area contributed by atoms with Crippen molar-refractivity contribution in [3.63, 3.8) is 0 Å². The van der Waals surface area contributed by atoms with Crippen molar-refractivity contribution in [3.8, 4) is 0 Å². The van der Waals surface area contributed by atoms with Crippen LogP contribution in [0.1, 0.15) is 37.6 Å². The Morgan fingerprint density at radius 3 is 2.48 bits per heavy atom. The summed E-state index contributed by atoms with van der Waals surface area (Å²) in [6, 6.07) is 6.26. The zero-order valence-electron chi connectivity index (χ0n) is 12.6. The first kappa shape index (κ1) is 16.1. The molecule has 2 atom stereocenters. The van der Waals surface area contributed by atoms with Crippen LogP contribution in [0.25, 0.3) is 0 Å². The molecule has 0 aliphatic carbocycles. The molecule has 0 amide bonds. The maximum Gasteiger partial charge on any atom is 0.243 e. The Bertz CT molecular complexity index is 616. The van der Waals surface area contributed by atoms with Gasteiger partial charge in [-0.2, -0.15) is 4.31 Å². The largest absolute Gasteiger partial charge is 0.373 e. The van der Waals surface area contributed by atoms with Crippen LogP contribution in [-0.4, -0.2) is 43.8 Å². The Hall–Kier alpha value is -1.24. The molecule has 1 aromatic carbocycles. The maximum atomic E-state index is 12.7. The van der Waals surface area contributed by atoms with Gasteiger partial charge < -0.3 is 4.74 Å². The molecule has 1 aromatic rings. The Labute approximate surface area is 126 Å². The van der Waals surface area contributed by atoms with Crippen molar-refractivity contribution in [3.05, 3.63) is 29.8 Å². The number of carbonyl (C=O) groups is 1. The van der Waals surface area contributed by atoms with Crippen LogP contribution >= 0.6 is 0 Å². The minimum Gasteiger partial charge on any atom is -0.373 e. The van der Waals surface area contributed by atoms with Crippen LogP contribution in [0.5, 0.6) is 0 Å². The molecular formula is C15H21NO4S. The first-order chi connectivity index (χ1) is 9.84. The van der Waals surface area contributed by atoms with Gasteiger partial charge >= 0.3 is 0 Å². The number of hydrogen-bond acceptors (Lipinski definition) is 4. The van der Waals surface area contributed by atoms with Crippen LogP contribution < -0.4 is 0 Å². The molecule has 1 saturated heterocycles. The van der Waals surface area contributed by atoms with Gasteiger partial charge in [0.15, 0.2) is 5.78 Å². The molecule has 0 N–H and O–H groups in total. The number of morpholine rings is 1. The Balaban J connectivity index is 2.33. The standard InChI is InChI=1S/C15H21NO4S/c1-4-15(17)13-6-5-7-14(8-13)21(18,19)16-9-11(2)20-12(3)10-16/h5-8,11-12H,4,9-10H2,1-3H3. The summed E-state index contributed by atoms with van der Waals surface area (Å²) in [4.78, 5) is 11.9. The highest BCUT2D eigenvalue weighted by atomic mass is 32.2. The number of ether oxygens (including phenoxy) is 1. The lowest BCUT2D eigenvalue weighted by molar-refractivity contribution is -0.0440. The summed E-state index contributed by atoms with van der Waals surface area (Å²) < 4.78 is 32.4. The molecular weight excluding hydrogens is 290 g/mol. The molecule has 0 saturated carbocycles. The topological polar surface area (TPSA) is 63.7 Å². The second-order valence-corrected chi connectivity index (χ2v) is 7.32. The molecule has 0 spiro atoms. The monoisotopic (exact) mass is 311 g/mol. The third kappa shape index (κ3) is 3.51. The van der Waals surface area contributed by atoms with E-state index in [1.807, 2.05) is 13.8 Å². The van der Waals surface area contributed by atoms with E-state index in [2.05, 4.69) is 0 Å².